The van der Waals surface area contributed by atoms with E-state index in [1.165, 1.54) is 0 Å². The van der Waals surface area contributed by atoms with Crippen LogP contribution in [0.5, 0.6) is 0 Å². The maximum atomic E-state index is 12.1. The third-order valence-corrected chi connectivity index (χ3v) is 4.34. The number of nitrogens with two attached hydrogens (primary N) is 1. The Bertz CT molecular complexity index is 696. The van der Waals surface area contributed by atoms with E-state index in [4.69, 9.17) is 5.73 Å². The molecule has 3 N–H and O–H groups in total. The molecule has 2 aromatic rings. The molecule has 0 aliphatic rings. The Morgan fingerprint density at radius 1 is 1.29 bits per heavy atom. The second-order valence-corrected chi connectivity index (χ2v) is 6.52. The molecule has 2 rings (SSSR count). The molecule has 0 amide bonds. The number of nitrogens with zero attached hydrogens (tertiary/aromatic N) is 3. The lowest BCUT2D eigenvalue weighted by Crippen LogP contribution is -2.28. The molecule has 0 fully saturated rings. The number of benzene rings is 1. The van der Waals surface area contributed by atoms with Gasteiger partial charge in [0.2, 0.25) is 10.0 Å². The fraction of sp³-hybridized carbons (Fsp3) is 0.385. The number of hydrogen-bond acceptors (Lipinski definition) is 5. The summed E-state index contributed by atoms with van der Waals surface area (Å²) in [5.74, 6) is 0.540. The van der Waals surface area contributed by atoms with E-state index in [1.54, 1.807) is 24.1 Å². The minimum atomic E-state index is -3.40. The normalized spacial score (nSPS) is 11.7. The summed E-state index contributed by atoms with van der Waals surface area (Å²) < 4.78 is 28.3. The molecular weight excluding hydrogens is 290 g/mol. The first-order valence-corrected chi connectivity index (χ1v) is 8.24. The summed E-state index contributed by atoms with van der Waals surface area (Å²) in [6.45, 7) is 0.598. The van der Waals surface area contributed by atoms with Crippen molar-refractivity contribution < 1.29 is 8.42 Å². The fourth-order valence-corrected chi connectivity index (χ4v) is 3.18. The number of sulfonamides is 1. The van der Waals surface area contributed by atoms with Gasteiger partial charge in [-0.15, -0.1) is 0 Å². The van der Waals surface area contributed by atoms with Gasteiger partial charge in [0.15, 0.2) is 5.82 Å². The summed E-state index contributed by atoms with van der Waals surface area (Å²) in [6.07, 6.45) is 2.04. The highest BCUT2D eigenvalue weighted by Crippen LogP contribution is 2.11. The molecule has 0 aliphatic carbocycles. The molecule has 0 radical (unpaired) electrons. The molecular formula is C13H19N5O2S. The SMILES string of the molecule is Cn1cnc(CCNS(=O)(=O)Cc2ccccc2CN)n1. The number of aryl methyl sites for hydroxylation is 1. The van der Waals surface area contributed by atoms with E-state index < -0.39 is 10.0 Å². The summed E-state index contributed by atoms with van der Waals surface area (Å²) in [6, 6.07) is 7.27. The van der Waals surface area contributed by atoms with Gasteiger partial charge in [-0.05, 0) is 11.1 Å². The minimum Gasteiger partial charge on any atom is -0.326 e. The van der Waals surface area contributed by atoms with Crippen LogP contribution in [0, 0.1) is 0 Å². The molecule has 0 atom stereocenters. The molecule has 0 aliphatic heterocycles. The summed E-state index contributed by atoms with van der Waals surface area (Å²) in [4.78, 5) is 4.05. The van der Waals surface area contributed by atoms with Gasteiger partial charge in [-0.2, -0.15) is 5.10 Å². The Balaban J connectivity index is 1.92. The number of nitrogens with one attached hydrogen (secondary N) is 1. The lowest BCUT2D eigenvalue weighted by molar-refractivity contribution is 0.579. The predicted molar refractivity (Wildman–Crippen MR) is 79.7 cm³/mol. The van der Waals surface area contributed by atoms with Gasteiger partial charge in [0.05, 0.1) is 5.75 Å². The number of hydrogen-bond donors (Lipinski definition) is 2. The molecule has 1 aromatic carbocycles. The third kappa shape index (κ3) is 4.62. The van der Waals surface area contributed by atoms with Crippen LogP contribution in [-0.2, 0) is 35.8 Å². The van der Waals surface area contributed by atoms with Crippen molar-refractivity contribution in [2.75, 3.05) is 6.54 Å². The average Bonchev–Trinajstić information content (AvgIpc) is 2.84. The quantitative estimate of drug-likeness (QED) is 0.745. The second kappa shape index (κ2) is 6.79. The summed E-state index contributed by atoms with van der Waals surface area (Å²) in [7, 11) is -1.63. The van der Waals surface area contributed by atoms with Gasteiger partial charge >= 0.3 is 0 Å². The molecule has 0 bridgehead atoms. The van der Waals surface area contributed by atoms with Gasteiger partial charge in [-0.3, -0.25) is 4.68 Å². The van der Waals surface area contributed by atoms with Gasteiger partial charge in [-0.25, -0.2) is 18.1 Å². The van der Waals surface area contributed by atoms with Crippen LogP contribution in [0.2, 0.25) is 0 Å². The summed E-state index contributed by atoms with van der Waals surface area (Å²) in [5.41, 5.74) is 7.18. The van der Waals surface area contributed by atoms with E-state index in [2.05, 4.69) is 14.8 Å². The van der Waals surface area contributed by atoms with Crippen molar-refractivity contribution in [3.63, 3.8) is 0 Å². The topological polar surface area (TPSA) is 103 Å². The molecule has 0 spiro atoms. The molecule has 1 heterocycles. The second-order valence-electron chi connectivity index (χ2n) is 4.71. The zero-order valence-electron chi connectivity index (χ0n) is 11.9. The molecule has 0 saturated carbocycles. The van der Waals surface area contributed by atoms with Crippen molar-refractivity contribution in [2.45, 2.75) is 18.7 Å². The first-order chi connectivity index (χ1) is 10.00. The first-order valence-electron chi connectivity index (χ1n) is 6.59. The highest BCUT2D eigenvalue weighted by molar-refractivity contribution is 7.88. The lowest BCUT2D eigenvalue weighted by atomic mass is 10.1. The van der Waals surface area contributed by atoms with Crippen molar-refractivity contribution in [3.8, 4) is 0 Å². The molecule has 0 saturated heterocycles. The summed E-state index contributed by atoms with van der Waals surface area (Å²) >= 11 is 0. The number of aromatic nitrogens is 3. The molecule has 0 unspecified atom stereocenters. The smallest absolute Gasteiger partial charge is 0.215 e. The highest BCUT2D eigenvalue weighted by Gasteiger charge is 2.13. The Hall–Kier alpha value is -1.77. The molecule has 8 heteroatoms. The zero-order chi connectivity index (χ0) is 15.3. The maximum Gasteiger partial charge on any atom is 0.215 e. The van der Waals surface area contributed by atoms with Crippen LogP contribution in [0.15, 0.2) is 30.6 Å². The predicted octanol–water partition coefficient (Wildman–Crippen LogP) is -0.0641. The fourth-order valence-electron chi connectivity index (χ4n) is 1.97. The Morgan fingerprint density at radius 2 is 2.00 bits per heavy atom. The zero-order valence-corrected chi connectivity index (χ0v) is 12.7. The molecule has 1 aromatic heterocycles. The maximum absolute atomic E-state index is 12.1. The standard InChI is InChI=1S/C13H19N5O2S/c1-18-10-15-13(17-18)6-7-16-21(19,20)9-12-5-3-2-4-11(12)8-14/h2-5,10,16H,6-9,14H2,1H3. The van der Waals surface area contributed by atoms with Gasteiger partial charge in [-0.1, -0.05) is 24.3 Å². The van der Waals surface area contributed by atoms with Crippen molar-refractivity contribution in [3.05, 3.63) is 47.5 Å². The van der Waals surface area contributed by atoms with E-state index in [-0.39, 0.29) is 12.3 Å². The first kappa shape index (κ1) is 15.6. The van der Waals surface area contributed by atoms with Crippen LogP contribution < -0.4 is 10.5 Å². The van der Waals surface area contributed by atoms with Crippen LogP contribution in [0.1, 0.15) is 17.0 Å². The summed E-state index contributed by atoms with van der Waals surface area (Å²) in [5, 5.41) is 4.10. The van der Waals surface area contributed by atoms with Gasteiger partial charge in [0.1, 0.15) is 6.33 Å². The Morgan fingerprint density at radius 3 is 2.62 bits per heavy atom. The largest absolute Gasteiger partial charge is 0.326 e. The Labute approximate surface area is 124 Å². The van der Waals surface area contributed by atoms with Gasteiger partial charge in [0.25, 0.3) is 0 Å². The number of rotatable bonds is 7. The van der Waals surface area contributed by atoms with E-state index in [9.17, 15) is 8.42 Å². The average molecular weight is 309 g/mol. The Kier molecular flexibility index (Phi) is 5.05. The molecule has 21 heavy (non-hydrogen) atoms. The lowest BCUT2D eigenvalue weighted by Gasteiger charge is -2.09. The molecule has 114 valence electrons. The van der Waals surface area contributed by atoms with Crippen LogP contribution in [0.4, 0.5) is 0 Å². The van der Waals surface area contributed by atoms with Gasteiger partial charge in [0, 0.05) is 26.6 Å². The van der Waals surface area contributed by atoms with Crippen LogP contribution in [0.25, 0.3) is 0 Å². The van der Waals surface area contributed by atoms with Crippen molar-refractivity contribution in [1.29, 1.82) is 0 Å². The van der Waals surface area contributed by atoms with E-state index >= 15 is 0 Å². The van der Waals surface area contributed by atoms with Gasteiger partial charge < -0.3 is 5.73 Å². The third-order valence-electron chi connectivity index (χ3n) is 3.00. The van der Waals surface area contributed by atoms with Crippen LogP contribution >= 0.6 is 0 Å². The van der Waals surface area contributed by atoms with Crippen molar-refractivity contribution in [2.24, 2.45) is 12.8 Å². The molecule has 7 nitrogen and oxygen atoms in total. The minimum absolute atomic E-state index is 0.0734. The van der Waals surface area contributed by atoms with E-state index in [0.717, 1.165) is 11.1 Å². The monoisotopic (exact) mass is 309 g/mol. The highest BCUT2D eigenvalue weighted by atomic mass is 32.2. The van der Waals surface area contributed by atoms with Crippen LogP contribution in [0.3, 0.4) is 0 Å². The van der Waals surface area contributed by atoms with Crippen LogP contribution in [-0.4, -0.2) is 29.7 Å². The van der Waals surface area contributed by atoms with E-state index in [1.807, 2.05) is 18.2 Å². The van der Waals surface area contributed by atoms with Crippen molar-refractivity contribution >= 4 is 10.0 Å². The van der Waals surface area contributed by atoms with Crippen molar-refractivity contribution in [1.82, 2.24) is 19.5 Å². The van der Waals surface area contributed by atoms with E-state index in [0.29, 0.717) is 18.8 Å².